The smallest absolute Gasteiger partial charge is 0.352 e. The minimum absolute atomic E-state index is 0.0777. The van der Waals surface area contributed by atoms with Gasteiger partial charge in [0.1, 0.15) is 17.1 Å². The molecule has 14 nitrogen and oxygen atoms in total. The molecule has 17 heteroatoms. The van der Waals surface area contributed by atoms with Crippen LogP contribution in [0, 0.1) is 0 Å². The number of β-lactam (4-membered cyclic amide) rings is 1. The fraction of sp³-hybridized carbons (Fsp3) is 0.250. The van der Waals surface area contributed by atoms with E-state index in [1.807, 2.05) is 25.1 Å². The Morgan fingerprint density at radius 1 is 1.27 bits per heavy atom. The molecule has 3 aromatic heterocycles. The first-order chi connectivity index (χ1) is 19.8. The number of nitrogens with one attached hydrogen (secondary N) is 4. The van der Waals surface area contributed by atoms with Crippen molar-refractivity contribution in [3.63, 3.8) is 0 Å². The lowest BCUT2D eigenvalue weighted by atomic mass is 10.0. The first-order valence-corrected chi connectivity index (χ1v) is 15.0. The Labute approximate surface area is 243 Å². The van der Waals surface area contributed by atoms with Crippen LogP contribution >= 0.6 is 34.9 Å². The average molecular weight is 612 g/mol. The van der Waals surface area contributed by atoms with Gasteiger partial charge in [-0.15, -0.1) is 33.3 Å². The molecule has 3 amide bonds. The molecule has 0 radical (unpaired) electrons. The summed E-state index contributed by atoms with van der Waals surface area (Å²) in [5.41, 5.74) is 2.46. The zero-order valence-electron chi connectivity index (χ0n) is 21.2. The Morgan fingerprint density at radius 3 is 2.85 bits per heavy atom. The van der Waals surface area contributed by atoms with Crippen LogP contribution < -0.4 is 10.6 Å². The number of carbonyl (C=O) groups excluding carboxylic acids is 3. The van der Waals surface area contributed by atoms with Crippen LogP contribution in [0.4, 0.5) is 5.00 Å². The fourth-order valence-corrected chi connectivity index (χ4v) is 7.81. The van der Waals surface area contributed by atoms with E-state index in [9.17, 15) is 24.3 Å². The third kappa shape index (κ3) is 5.18. The molecule has 0 aliphatic carbocycles. The first kappa shape index (κ1) is 27.0. The molecule has 1 aromatic carbocycles. The number of rotatable bonds is 9. The average Bonchev–Trinajstić information content (AvgIpc) is 3.72. The van der Waals surface area contributed by atoms with Crippen LogP contribution in [0.2, 0.25) is 0 Å². The lowest BCUT2D eigenvalue weighted by Crippen LogP contribution is -2.70. The van der Waals surface area contributed by atoms with Crippen molar-refractivity contribution in [2.24, 2.45) is 0 Å². The largest absolute Gasteiger partial charge is 0.477 e. The predicted molar refractivity (Wildman–Crippen MR) is 151 cm³/mol. The molecule has 2 aliphatic rings. The topological polar surface area (TPSA) is 199 Å². The second kappa shape index (κ2) is 11.0. The number of aliphatic carboxylic acids is 1. The molecule has 0 spiro atoms. The number of tetrazole rings is 1. The van der Waals surface area contributed by atoms with Crippen LogP contribution in [0.5, 0.6) is 0 Å². The maximum absolute atomic E-state index is 13.1. The molecule has 2 unspecified atom stereocenters. The molecule has 41 heavy (non-hydrogen) atoms. The Hall–Kier alpha value is -4.22. The van der Waals surface area contributed by atoms with Crippen molar-refractivity contribution in [3.8, 4) is 0 Å². The number of nitrogens with zero attached hydrogens (tertiary/aromatic N) is 5. The van der Waals surface area contributed by atoms with Gasteiger partial charge in [0.05, 0.1) is 22.5 Å². The van der Waals surface area contributed by atoms with Gasteiger partial charge < -0.3 is 20.7 Å². The molecular weight excluding hydrogens is 591 g/mol. The number of amides is 3. The van der Waals surface area contributed by atoms with Gasteiger partial charge in [-0.1, -0.05) is 23.9 Å². The second-order valence-corrected chi connectivity index (χ2v) is 12.4. The van der Waals surface area contributed by atoms with E-state index in [0.29, 0.717) is 32.6 Å². The van der Waals surface area contributed by atoms with Crippen LogP contribution in [0.1, 0.15) is 23.1 Å². The number of benzene rings is 1. The maximum Gasteiger partial charge on any atom is 0.352 e. The monoisotopic (exact) mass is 611 g/mol. The summed E-state index contributed by atoms with van der Waals surface area (Å²) >= 11 is 3.88. The number of thioether (sulfide) groups is 2. The minimum atomic E-state index is -1.22. The van der Waals surface area contributed by atoms with Crippen LogP contribution in [0.25, 0.3) is 11.0 Å². The van der Waals surface area contributed by atoms with Crippen LogP contribution in [0.3, 0.4) is 0 Å². The zero-order valence-corrected chi connectivity index (χ0v) is 23.6. The number of carboxylic acids is 1. The van der Waals surface area contributed by atoms with Crippen molar-refractivity contribution in [2.75, 3.05) is 11.1 Å². The first-order valence-electron chi connectivity index (χ1n) is 12.2. The number of hydrogen-bond donors (Lipinski definition) is 5. The molecule has 2 aliphatic heterocycles. The van der Waals surface area contributed by atoms with Gasteiger partial charge in [0, 0.05) is 11.0 Å². The number of H-pyrrole nitrogens is 2. The van der Waals surface area contributed by atoms with E-state index in [1.54, 1.807) is 17.5 Å². The SMILES string of the molecule is CC(Sc1nn[nH]n1)C1=C(C(=O)O)N2C(=O)C(NC(=O)Cc3ccsc3NC(=O)c3nc4ccccc4[nH]3)[C@@H]2SC1. The number of thiophene rings is 1. The molecule has 4 aromatic rings. The number of carbonyl (C=O) groups is 4. The molecule has 210 valence electrons. The Bertz CT molecular complexity index is 1670. The summed E-state index contributed by atoms with van der Waals surface area (Å²) in [5.74, 6) is -2.07. The summed E-state index contributed by atoms with van der Waals surface area (Å²) in [6, 6.07) is 8.14. The number of aromatic amines is 2. The fourth-order valence-electron chi connectivity index (χ4n) is 4.59. The van der Waals surface area contributed by atoms with Gasteiger partial charge in [-0.05, 0) is 46.9 Å². The van der Waals surface area contributed by atoms with Crippen molar-refractivity contribution in [1.82, 2.24) is 40.8 Å². The number of carboxylic acid groups (broad SMARTS) is 1. The van der Waals surface area contributed by atoms with Gasteiger partial charge in [0.15, 0.2) is 5.82 Å². The summed E-state index contributed by atoms with van der Waals surface area (Å²) in [6.45, 7) is 1.81. The van der Waals surface area contributed by atoms with Crippen LogP contribution in [-0.4, -0.2) is 86.7 Å². The number of imidazole rings is 1. The third-order valence-corrected chi connectivity index (χ3v) is 9.74. The lowest BCUT2D eigenvalue weighted by Gasteiger charge is -2.50. The number of anilines is 1. The number of aromatic nitrogens is 6. The normalized spacial score (nSPS) is 19.0. The van der Waals surface area contributed by atoms with Crippen LogP contribution in [0.15, 0.2) is 52.1 Å². The van der Waals surface area contributed by atoms with Crippen molar-refractivity contribution < 1.29 is 24.3 Å². The number of para-hydroxylation sites is 2. The van der Waals surface area contributed by atoms with Crippen molar-refractivity contribution in [3.05, 3.63) is 58.4 Å². The van der Waals surface area contributed by atoms with Gasteiger partial charge in [0.2, 0.25) is 11.1 Å². The van der Waals surface area contributed by atoms with Crippen molar-refractivity contribution >= 4 is 74.6 Å². The quantitative estimate of drug-likeness (QED) is 0.137. The summed E-state index contributed by atoms with van der Waals surface area (Å²) in [4.78, 5) is 59.5. The highest BCUT2D eigenvalue weighted by Gasteiger charge is 2.54. The summed E-state index contributed by atoms with van der Waals surface area (Å²) < 4.78 is 0. The van der Waals surface area contributed by atoms with E-state index in [0.717, 1.165) is 5.52 Å². The maximum atomic E-state index is 13.1. The molecule has 0 bridgehead atoms. The van der Waals surface area contributed by atoms with Crippen molar-refractivity contribution in [2.45, 2.75) is 35.2 Å². The molecule has 1 saturated heterocycles. The van der Waals surface area contributed by atoms with Crippen molar-refractivity contribution in [1.29, 1.82) is 0 Å². The number of fused-ring (bicyclic) bond motifs is 2. The van der Waals surface area contributed by atoms with E-state index in [4.69, 9.17) is 0 Å². The highest BCUT2D eigenvalue weighted by atomic mass is 32.2. The molecule has 6 rings (SSSR count). The van der Waals surface area contributed by atoms with E-state index >= 15 is 0 Å². The Kier molecular flexibility index (Phi) is 7.22. The number of hydrogen-bond acceptors (Lipinski definition) is 11. The standard InChI is InChI=1S/C24H21N9O5S3/c1-10(41-24-29-31-32-30-24)12-9-40-22-16(21(36)33(22)17(12)23(37)38)27-15(34)8-11-6-7-39-20(11)28-19(35)18-25-13-4-2-3-5-14(13)26-18/h2-7,10,16,22H,8-9H2,1H3,(H,25,26)(H,27,34)(H,28,35)(H,37,38)(H,29,30,31,32)/t10?,16?,22-/m0/s1. The highest BCUT2D eigenvalue weighted by Crippen LogP contribution is 2.43. The minimum Gasteiger partial charge on any atom is -0.477 e. The molecule has 5 N–H and O–H groups in total. The molecule has 3 atom stereocenters. The Morgan fingerprint density at radius 2 is 2.10 bits per heavy atom. The molecular formula is C24H21N9O5S3. The van der Waals surface area contributed by atoms with Gasteiger partial charge in [-0.25, -0.2) is 9.78 Å². The van der Waals surface area contributed by atoms with E-state index < -0.39 is 35.1 Å². The summed E-state index contributed by atoms with van der Waals surface area (Å²) in [7, 11) is 0. The van der Waals surface area contributed by atoms with Gasteiger partial charge in [-0.2, -0.15) is 5.21 Å². The predicted octanol–water partition coefficient (Wildman–Crippen LogP) is 1.85. The van der Waals surface area contributed by atoms with Gasteiger partial charge in [0.25, 0.3) is 11.8 Å². The molecule has 0 saturated carbocycles. The van der Waals surface area contributed by atoms with Gasteiger partial charge >= 0.3 is 5.97 Å². The zero-order chi connectivity index (χ0) is 28.7. The Balaban J connectivity index is 1.10. The molecule has 5 heterocycles. The van der Waals surface area contributed by atoms with E-state index in [1.165, 1.54) is 39.8 Å². The van der Waals surface area contributed by atoms with E-state index in [2.05, 4.69) is 41.2 Å². The molecule has 1 fully saturated rings. The van der Waals surface area contributed by atoms with Gasteiger partial charge in [-0.3, -0.25) is 19.3 Å². The summed E-state index contributed by atoms with van der Waals surface area (Å²) in [5, 5.41) is 30.9. The highest BCUT2D eigenvalue weighted by molar-refractivity contribution is 8.01. The second-order valence-electron chi connectivity index (χ2n) is 9.10. The van der Waals surface area contributed by atoms with Crippen LogP contribution in [-0.2, 0) is 20.8 Å². The van der Waals surface area contributed by atoms with E-state index in [-0.39, 0.29) is 23.2 Å². The third-order valence-electron chi connectivity index (χ3n) is 6.54. The lowest BCUT2D eigenvalue weighted by molar-refractivity contribution is -0.150. The summed E-state index contributed by atoms with van der Waals surface area (Å²) in [6.07, 6.45) is -0.0777.